The number of methoxy groups -OCH3 is 1. The maximum atomic E-state index is 11.6. The fourth-order valence-corrected chi connectivity index (χ4v) is 3.61. The van der Waals surface area contributed by atoms with Crippen LogP contribution in [0.15, 0.2) is 41.5 Å². The highest BCUT2D eigenvalue weighted by Crippen LogP contribution is 2.18. The predicted molar refractivity (Wildman–Crippen MR) is 120 cm³/mol. The molecule has 7 heteroatoms. The van der Waals surface area contributed by atoms with Crippen LogP contribution in [0.4, 0.5) is 0 Å². The van der Waals surface area contributed by atoms with Crippen LogP contribution in [0.1, 0.15) is 19.3 Å². The summed E-state index contributed by atoms with van der Waals surface area (Å²) in [5, 5.41) is 4.74. The first-order chi connectivity index (χ1) is 12.7. The minimum absolute atomic E-state index is 0. The summed E-state index contributed by atoms with van der Waals surface area (Å²) in [5.41, 5.74) is 1.28. The highest BCUT2D eigenvalue weighted by Gasteiger charge is 2.26. The van der Waals surface area contributed by atoms with Crippen molar-refractivity contribution in [1.29, 1.82) is 0 Å². The van der Waals surface area contributed by atoms with E-state index in [1.807, 2.05) is 7.05 Å². The molecule has 0 amide bonds. The van der Waals surface area contributed by atoms with E-state index in [9.17, 15) is 4.79 Å². The van der Waals surface area contributed by atoms with Crippen LogP contribution >= 0.6 is 24.0 Å². The highest BCUT2D eigenvalue weighted by molar-refractivity contribution is 14.0. The van der Waals surface area contributed by atoms with E-state index in [4.69, 9.17) is 4.74 Å². The second-order valence-corrected chi connectivity index (χ2v) is 6.68. The number of nitrogens with one attached hydrogen (secondary N) is 1. The van der Waals surface area contributed by atoms with Gasteiger partial charge in [-0.3, -0.25) is 9.79 Å². The molecule has 0 bridgehead atoms. The van der Waals surface area contributed by atoms with Gasteiger partial charge in [0, 0.05) is 44.9 Å². The Morgan fingerprint density at radius 2 is 2.00 bits per heavy atom. The van der Waals surface area contributed by atoms with Gasteiger partial charge in [0.1, 0.15) is 0 Å². The zero-order chi connectivity index (χ0) is 18.4. The molecule has 3 rings (SSSR count). The van der Waals surface area contributed by atoms with Gasteiger partial charge in [-0.2, -0.15) is 0 Å². The van der Waals surface area contributed by atoms with Gasteiger partial charge in [0.2, 0.25) is 0 Å². The number of guanidine groups is 1. The van der Waals surface area contributed by atoms with E-state index >= 15 is 0 Å². The lowest BCUT2D eigenvalue weighted by Gasteiger charge is -2.33. The number of hydrogen-bond donors (Lipinski definition) is 1. The third kappa shape index (κ3) is 5.37. The van der Waals surface area contributed by atoms with E-state index in [2.05, 4.69) is 56.3 Å². The van der Waals surface area contributed by atoms with Crippen molar-refractivity contribution in [2.24, 2.45) is 10.9 Å². The average Bonchev–Trinajstić information content (AvgIpc) is 3.11. The molecule has 0 aliphatic carbocycles. The summed E-state index contributed by atoms with van der Waals surface area (Å²) in [6, 6.07) is 10.6. The van der Waals surface area contributed by atoms with Gasteiger partial charge < -0.3 is 19.5 Å². The van der Waals surface area contributed by atoms with E-state index in [-0.39, 0.29) is 35.9 Å². The van der Waals surface area contributed by atoms with E-state index in [1.165, 1.54) is 18.0 Å². The van der Waals surface area contributed by atoms with E-state index in [0.29, 0.717) is 0 Å². The number of aliphatic imine (C=N–C) groups is 1. The highest BCUT2D eigenvalue weighted by atomic mass is 127. The Bertz CT molecular complexity index is 766. The normalized spacial score (nSPS) is 15.5. The summed E-state index contributed by atoms with van der Waals surface area (Å²) >= 11 is 0. The van der Waals surface area contributed by atoms with Crippen molar-refractivity contribution in [1.82, 2.24) is 14.8 Å². The number of esters is 1. The summed E-state index contributed by atoms with van der Waals surface area (Å²) in [5.74, 6) is 0.855. The maximum absolute atomic E-state index is 11.6. The molecule has 1 N–H and O–H groups in total. The summed E-state index contributed by atoms with van der Waals surface area (Å²) in [6.45, 7) is 3.52. The predicted octanol–water partition coefficient (Wildman–Crippen LogP) is 3.11. The van der Waals surface area contributed by atoms with Gasteiger partial charge in [-0.15, -0.1) is 24.0 Å². The van der Waals surface area contributed by atoms with E-state index < -0.39 is 0 Å². The van der Waals surface area contributed by atoms with Crippen LogP contribution in [0.5, 0.6) is 0 Å². The van der Waals surface area contributed by atoms with Gasteiger partial charge in [-0.25, -0.2) is 0 Å². The fourth-order valence-electron chi connectivity index (χ4n) is 3.61. The molecule has 2 heterocycles. The number of likely N-dealkylation sites (tertiary alicyclic amines) is 1. The van der Waals surface area contributed by atoms with Gasteiger partial charge in [0.25, 0.3) is 0 Å². The molecule has 148 valence electrons. The van der Waals surface area contributed by atoms with Crippen molar-refractivity contribution in [3.63, 3.8) is 0 Å². The van der Waals surface area contributed by atoms with Crippen molar-refractivity contribution >= 4 is 46.8 Å². The Morgan fingerprint density at radius 3 is 2.70 bits per heavy atom. The molecule has 1 aromatic carbocycles. The number of aromatic nitrogens is 1. The van der Waals surface area contributed by atoms with Crippen LogP contribution in [0, 0.1) is 5.92 Å². The van der Waals surface area contributed by atoms with Crippen molar-refractivity contribution < 1.29 is 9.53 Å². The molecule has 6 nitrogen and oxygen atoms in total. The average molecular weight is 484 g/mol. The van der Waals surface area contributed by atoms with Crippen LogP contribution < -0.4 is 5.32 Å². The van der Waals surface area contributed by atoms with Crippen molar-refractivity contribution in [2.75, 3.05) is 33.8 Å². The van der Waals surface area contributed by atoms with E-state index in [0.717, 1.165) is 51.4 Å². The number of piperidine rings is 1. The van der Waals surface area contributed by atoms with Crippen molar-refractivity contribution in [2.45, 2.75) is 25.8 Å². The van der Waals surface area contributed by atoms with Crippen molar-refractivity contribution in [3.05, 3.63) is 36.5 Å². The molecule has 0 spiro atoms. The Morgan fingerprint density at radius 1 is 1.26 bits per heavy atom. The zero-order valence-corrected chi connectivity index (χ0v) is 18.4. The van der Waals surface area contributed by atoms with Crippen LogP contribution in [0.3, 0.4) is 0 Å². The van der Waals surface area contributed by atoms with Crippen LogP contribution in [-0.4, -0.2) is 55.2 Å². The number of para-hydroxylation sites is 1. The third-order valence-corrected chi connectivity index (χ3v) is 5.08. The first kappa shape index (κ1) is 21.5. The number of carbonyl (C=O) groups is 1. The summed E-state index contributed by atoms with van der Waals surface area (Å²) in [4.78, 5) is 18.3. The quantitative estimate of drug-likeness (QED) is 0.233. The Kier molecular flexibility index (Phi) is 8.40. The van der Waals surface area contributed by atoms with Crippen LogP contribution in [-0.2, 0) is 16.1 Å². The maximum Gasteiger partial charge on any atom is 0.308 e. The summed E-state index contributed by atoms with van der Waals surface area (Å²) in [7, 11) is 3.28. The number of benzene rings is 1. The number of hydrogen-bond acceptors (Lipinski definition) is 3. The second kappa shape index (κ2) is 10.5. The molecular formula is C20H29IN4O2. The Hall–Kier alpha value is -1.77. The summed E-state index contributed by atoms with van der Waals surface area (Å²) in [6.07, 6.45) is 4.82. The molecule has 1 aliphatic rings. The van der Waals surface area contributed by atoms with Crippen LogP contribution in [0.25, 0.3) is 10.9 Å². The monoisotopic (exact) mass is 484 g/mol. The molecule has 0 atom stereocenters. The van der Waals surface area contributed by atoms with Gasteiger partial charge in [-0.1, -0.05) is 18.2 Å². The van der Waals surface area contributed by atoms with Crippen LogP contribution in [0.2, 0.25) is 0 Å². The van der Waals surface area contributed by atoms with Gasteiger partial charge in [0.15, 0.2) is 5.96 Å². The molecule has 1 aliphatic heterocycles. The molecule has 1 saturated heterocycles. The smallest absolute Gasteiger partial charge is 0.308 e. The molecule has 2 aromatic rings. The standard InChI is InChI=1S/C20H28N4O2.HI/c1-21-20(24-14-9-17(10-15-24)19(25)26-2)22-11-5-12-23-13-8-16-6-3-4-7-18(16)23;/h3-4,6-8,13,17H,5,9-12,14-15H2,1-2H3,(H,21,22);1H. The lowest BCUT2D eigenvalue weighted by atomic mass is 9.97. The molecule has 0 unspecified atom stereocenters. The number of nitrogens with zero attached hydrogens (tertiary/aromatic N) is 3. The van der Waals surface area contributed by atoms with Gasteiger partial charge >= 0.3 is 5.97 Å². The minimum atomic E-state index is -0.0912. The molecule has 1 aromatic heterocycles. The van der Waals surface area contributed by atoms with Gasteiger partial charge in [-0.05, 0) is 36.8 Å². The van der Waals surface area contributed by atoms with Gasteiger partial charge in [0.05, 0.1) is 13.0 Å². The Balaban J connectivity index is 0.00000261. The lowest BCUT2D eigenvalue weighted by molar-refractivity contribution is -0.146. The minimum Gasteiger partial charge on any atom is -0.469 e. The SMILES string of the molecule is CN=C(NCCCn1ccc2ccccc21)N1CCC(C(=O)OC)CC1.I. The lowest BCUT2D eigenvalue weighted by Crippen LogP contribution is -2.47. The number of ether oxygens (including phenoxy) is 1. The first-order valence-corrected chi connectivity index (χ1v) is 9.30. The fraction of sp³-hybridized carbons (Fsp3) is 0.500. The Labute approximate surface area is 178 Å². The number of carbonyl (C=O) groups excluding carboxylic acids is 1. The molecule has 0 radical (unpaired) electrons. The van der Waals surface area contributed by atoms with Crippen molar-refractivity contribution in [3.8, 4) is 0 Å². The molecule has 1 fully saturated rings. The van der Waals surface area contributed by atoms with E-state index in [1.54, 1.807) is 0 Å². The first-order valence-electron chi connectivity index (χ1n) is 9.30. The molecule has 0 saturated carbocycles. The zero-order valence-electron chi connectivity index (χ0n) is 16.1. The third-order valence-electron chi connectivity index (χ3n) is 5.08. The summed E-state index contributed by atoms with van der Waals surface area (Å²) < 4.78 is 7.14. The topological polar surface area (TPSA) is 58.9 Å². The second-order valence-electron chi connectivity index (χ2n) is 6.68. The number of fused-ring (bicyclic) bond motifs is 1. The molecule has 27 heavy (non-hydrogen) atoms. The molecular weight excluding hydrogens is 455 g/mol. The number of rotatable bonds is 5. The number of halogens is 1. The number of aryl methyl sites for hydroxylation is 1. The largest absolute Gasteiger partial charge is 0.469 e.